The van der Waals surface area contributed by atoms with Crippen molar-refractivity contribution in [2.75, 3.05) is 42.6 Å². The van der Waals surface area contributed by atoms with Crippen molar-refractivity contribution >= 4 is 29.3 Å². The lowest BCUT2D eigenvalue weighted by molar-refractivity contribution is -0.343. The summed E-state index contributed by atoms with van der Waals surface area (Å²) in [5.41, 5.74) is 4.19. The minimum Gasteiger partial charge on any atom is -0.426 e. The van der Waals surface area contributed by atoms with Crippen LogP contribution in [0, 0.1) is 0 Å². The molecular weight excluding hydrogens is 536 g/mol. The Balaban J connectivity index is 1.85. The first-order chi connectivity index (χ1) is 20.9. The van der Waals surface area contributed by atoms with Crippen molar-refractivity contribution in [3.63, 3.8) is 0 Å². The van der Waals surface area contributed by atoms with Crippen molar-refractivity contribution in [3.8, 4) is 0 Å². The summed E-state index contributed by atoms with van der Waals surface area (Å²) in [6, 6.07) is 16.7. The average Bonchev–Trinajstić information content (AvgIpc) is 3.01. The van der Waals surface area contributed by atoms with Crippen LogP contribution in [0.15, 0.2) is 60.0 Å². The van der Waals surface area contributed by atoms with Crippen LogP contribution in [-0.2, 0) is 19.0 Å². The fourth-order valence-corrected chi connectivity index (χ4v) is 5.15. The van der Waals surface area contributed by atoms with Crippen molar-refractivity contribution < 1.29 is 19.0 Å². The number of nitrogens with zero attached hydrogens (tertiary/aromatic N) is 2. The second-order valence-corrected chi connectivity index (χ2v) is 11.4. The molecule has 2 aromatic carbocycles. The standard InChI is InChI=1S/C37H54N2O4/c1-7-12-24-38(25-13-8-2)32-20-16-30(17-21-32)28-34-36(40)35(43-37(6,42-34)41-11-5)29-31-18-22-33(23-19-31)39(26-14-9-3)27-15-10-4/h16-23,28-29H,7-15,24-27H2,1-6H3. The van der Waals surface area contributed by atoms with E-state index in [0.29, 0.717) is 6.61 Å². The minimum atomic E-state index is -1.39. The molecule has 43 heavy (non-hydrogen) atoms. The van der Waals surface area contributed by atoms with Gasteiger partial charge in [0.15, 0.2) is 11.5 Å². The van der Waals surface area contributed by atoms with E-state index in [1.807, 2.05) is 31.2 Å². The van der Waals surface area contributed by atoms with Crippen LogP contribution in [0.25, 0.3) is 12.2 Å². The number of benzene rings is 2. The first-order valence-corrected chi connectivity index (χ1v) is 16.6. The highest BCUT2D eigenvalue weighted by atomic mass is 16.9. The molecule has 0 aromatic heterocycles. The highest BCUT2D eigenvalue weighted by molar-refractivity contribution is 6.11. The van der Waals surface area contributed by atoms with Crippen LogP contribution in [0.1, 0.15) is 104 Å². The minimum absolute atomic E-state index is 0.206. The molecule has 6 nitrogen and oxygen atoms in total. The topological polar surface area (TPSA) is 51.2 Å². The lowest BCUT2D eigenvalue weighted by Gasteiger charge is -2.35. The molecule has 0 radical (unpaired) electrons. The molecule has 6 heteroatoms. The lowest BCUT2D eigenvalue weighted by atomic mass is 10.1. The largest absolute Gasteiger partial charge is 0.426 e. The summed E-state index contributed by atoms with van der Waals surface area (Å²) in [6.45, 7) is 17.1. The molecule has 1 fully saturated rings. The van der Waals surface area contributed by atoms with Crippen molar-refractivity contribution in [1.82, 2.24) is 0 Å². The second kappa shape index (κ2) is 17.8. The van der Waals surface area contributed by atoms with Gasteiger partial charge in [-0.25, -0.2) is 0 Å². The molecule has 1 aliphatic heterocycles. The number of carbonyl (C=O) groups excluding carboxylic acids is 1. The average molecular weight is 591 g/mol. The van der Waals surface area contributed by atoms with Crippen molar-refractivity contribution in [3.05, 3.63) is 71.2 Å². The Morgan fingerprint density at radius 1 is 0.628 bits per heavy atom. The third kappa shape index (κ3) is 10.5. The van der Waals surface area contributed by atoms with Gasteiger partial charge in [-0.2, -0.15) is 0 Å². The smallest absolute Gasteiger partial charge is 0.368 e. The monoisotopic (exact) mass is 590 g/mol. The van der Waals surface area contributed by atoms with E-state index in [2.05, 4.69) is 61.8 Å². The maximum absolute atomic E-state index is 13.6. The number of ketones is 1. The zero-order valence-electron chi connectivity index (χ0n) is 27.5. The van der Waals surface area contributed by atoms with Gasteiger partial charge in [0.1, 0.15) is 0 Å². The van der Waals surface area contributed by atoms with Gasteiger partial charge in [0.25, 0.3) is 5.78 Å². The van der Waals surface area contributed by atoms with Crippen LogP contribution < -0.4 is 9.80 Å². The predicted molar refractivity (Wildman–Crippen MR) is 180 cm³/mol. The maximum Gasteiger partial charge on any atom is 0.368 e. The zero-order valence-corrected chi connectivity index (χ0v) is 27.5. The summed E-state index contributed by atoms with van der Waals surface area (Å²) < 4.78 is 17.8. The molecule has 2 aromatic rings. The SMILES string of the molecule is CCCCN(CCCC)c1ccc(C=C2OC(C)(OCC)OC(=Cc3ccc(N(CCCC)CCCC)cc3)C2=O)cc1. The van der Waals surface area contributed by atoms with Gasteiger partial charge in [0.2, 0.25) is 0 Å². The molecule has 1 saturated heterocycles. The predicted octanol–water partition coefficient (Wildman–Crippen LogP) is 9.21. The van der Waals surface area contributed by atoms with Crippen molar-refractivity contribution in [2.45, 2.75) is 98.9 Å². The van der Waals surface area contributed by atoms with Gasteiger partial charge < -0.3 is 24.0 Å². The van der Waals surface area contributed by atoms with Crippen molar-refractivity contribution in [1.29, 1.82) is 0 Å². The van der Waals surface area contributed by atoms with Gasteiger partial charge in [-0.3, -0.25) is 4.79 Å². The van der Waals surface area contributed by atoms with E-state index >= 15 is 0 Å². The number of carbonyl (C=O) groups is 1. The summed E-state index contributed by atoms with van der Waals surface area (Å²) >= 11 is 0. The molecule has 0 aliphatic carbocycles. The first-order valence-electron chi connectivity index (χ1n) is 16.6. The first kappa shape index (κ1) is 34.2. The molecule has 0 N–H and O–H groups in total. The van der Waals surface area contributed by atoms with E-state index in [1.54, 1.807) is 19.1 Å². The van der Waals surface area contributed by atoms with Crippen LogP contribution in [-0.4, -0.2) is 44.5 Å². The molecule has 0 saturated carbocycles. The molecule has 236 valence electrons. The zero-order chi connectivity index (χ0) is 31.1. The maximum atomic E-state index is 13.6. The molecule has 3 rings (SSSR count). The number of anilines is 2. The van der Waals surface area contributed by atoms with Crippen LogP contribution in [0.4, 0.5) is 11.4 Å². The van der Waals surface area contributed by atoms with E-state index in [-0.39, 0.29) is 17.3 Å². The summed E-state index contributed by atoms with van der Waals surface area (Å²) in [7, 11) is 0. The number of ether oxygens (including phenoxy) is 3. The highest BCUT2D eigenvalue weighted by Crippen LogP contribution is 2.33. The van der Waals surface area contributed by atoms with Crippen LogP contribution in [0.2, 0.25) is 0 Å². The highest BCUT2D eigenvalue weighted by Gasteiger charge is 2.41. The molecular formula is C37H54N2O4. The fraction of sp³-hybridized carbons (Fsp3) is 0.541. The van der Waals surface area contributed by atoms with Crippen LogP contribution in [0.3, 0.4) is 0 Å². The van der Waals surface area contributed by atoms with Crippen LogP contribution in [0.5, 0.6) is 0 Å². The molecule has 0 unspecified atom stereocenters. The van der Waals surface area contributed by atoms with Crippen molar-refractivity contribution in [2.24, 2.45) is 0 Å². The Kier molecular flexibility index (Phi) is 14.1. The summed E-state index contributed by atoms with van der Waals surface area (Å²) in [5.74, 6) is -1.28. The van der Waals surface area contributed by atoms with E-state index in [9.17, 15) is 4.79 Å². The van der Waals surface area contributed by atoms with Gasteiger partial charge in [0, 0.05) is 44.5 Å². The Bertz CT molecular complexity index is 1070. The van der Waals surface area contributed by atoms with Crippen LogP contribution >= 0.6 is 0 Å². The lowest BCUT2D eigenvalue weighted by Crippen LogP contribution is -2.42. The van der Waals surface area contributed by atoms with Gasteiger partial charge in [-0.15, -0.1) is 0 Å². The Labute approximate surface area is 260 Å². The Hall–Kier alpha value is -3.25. The third-order valence-corrected chi connectivity index (χ3v) is 7.68. The normalized spacial score (nSPS) is 18.5. The summed E-state index contributed by atoms with van der Waals surface area (Å²) in [6.07, 6.45) is 12.9. The number of rotatable bonds is 18. The fourth-order valence-electron chi connectivity index (χ4n) is 5.15. The third-order valence-electron chi connectivity index (χ3n) is 7.68. The molecule has 1 aliphatic rings. The Morgan fingerprint density at radius 3 is 1.28 bits per heavy atom. The molecule has 0 atom stereocenters. The molecule has 1 heterocycles. The molecule has 0 spiro atoms. The van der Waals surface area contributed by atoms with E-state index in [1.165, 1.54) is 62.7 Å². The molecule has 0 bridgehead atoms. The van der Waals surface area contributed by atoms with E-state index in [4.69, 9.17) is 14.2 Å². The quantitative estimate of drug-likeness (QED) is 0.161. The van der Waals surface area contributed by atoms with Gasteiger partial charge in [-0.1, -0.05) is 77.6 Å². The van der Waals surface area contributed by atoms with Gasteiger partial charge in [0.05, 0.1) is 6.61 Å². The van der Waals surface area contributed by atoms with E-state index < -0.39 is 5.97 Å². The van der Waals surface area contributed by atoms with Gasteiger partial charge >= 0.3 is 5.97 Å². The number of hydrogen-bond acceptors (Lipinski definition) is 6. The molecule has 0 amide bonds. The second-order valence-electron chi connectivity index (χ2n) is 11.4. The Morgan fingerprint density at radius 2 is 0.977 bits per heavy atom. The summed E-state index contributed by atoms with van der Waals surface area (Å²) in [5, 5.41) is 0. The summed E-state index contributed by atoms with van der Waals surface area (Å²) in [4.78, 5) is 18.5. The number of unbranched alkanes of at least 4 members (excludes halogenated alkanes) is 4. The number of hydrogen-bond donors (Lipinski definition) is 0. The van der Waals surface area contributed by atoms with E-state index in [0.717, 1.165) is 37.3 Å². The van der Waals surface area contributed by atoms with Gasteiger partial charge in [-0.05, 0) is 80.2 Å². The number of Topliss-reactive ketones (excluding diaryl/α,β-unsaturated/α-hetero) is 1.